The predicted octanol–water partition coefficient (Wildman–Crippen LogP) is 4.36. The van der Waals surface area contributed by atoms with Crippen LogP contribution in [0.2, 0.25) is 5.02 Å². The lowest BCUT2D eigenvalue weighted by Crippen LogP contribution is -2.13. The summed E-state index contributed by atoms with van der Waals surface area (Å²) in [4.78, 5) is 11.7. The van der Waals surface area contributed by atoms with Gasteiger partial charge in [-0.2, -0.15) is 0 Å². The molecule has 0 saturated carbocycles. The summed E-state index contributed by atoms with van der Waals surface area (Å²) in [6, 6.07) is 10.1. The molecule has 0 radical (unpaired) electrons. The number of ether oxygens (including phenoxy) is 1. The molecule has 2 rings (SSSR count). The first kappa shape index (κ1) is 18.4. The van der Waals surface area contributed by atoms with Crippen LogP contribution in [0.25, 0.3) is 11.1 Å². The maximum absolute atomic E-state index is 13.6. The van der Waals surface area contributed by atoms with Crippen molar-refractivity contribution in [1.82, 2.24) is 5.32 Å². The number of carbonyl (C=O) groups is 1. The Kier molecular flexibility index (Phi) is 6.76. The van der Waals surface area contributed by atoms with E-state index in [2.05, 4.69) is 5.32 Å². The van der Waals surface area contributed by atoms with E-state index in [9.17, 15) is 9.18 Å². The molecule has 0 spiro atoms. The molecule has 0 aromatic heterocycles. The molecule has 128 valence electrons. The minimum Gasteiger partial charge on any atom is -0.466 e. The first-order valence-electron chi connectivity index (χ1n) is 7.98. The van der Waals surface area contributed by atoms with E-state index in [1.807, 2.05) is 19.1 Å². The van der Waals surface area contributed by atoms with E-state index in [4.69, 9.17) is 16.3 Å². The van der Waals surface area contributed by atoms with Gasteiger partial charge in [0.05, 0.1) is 13.0 Å². The third-order valence-corrected chi connectivity index (χ3v) is 3.77. The smallest absolute Gasteiger partial charge is 0.310 e. The Morgan fingerprint density at radius 3 is 2.71 bits per heavy atom. The Morgan fingerprint density at radius 1 is 1.21 bits per heavy atom. The number of nitrogens with one attached hydrogen (secondary N) is 1. The number of hydrogen-bond donors (Lipinski definition) is 1. The number of carbonyl (C=O) groups excluding carboxylic acids is 1. The monoisotopic (exact) mass is 349 g/mol. The van der Waals surface area contributed by atoms with Crippen LogP contribution in [0, 0.1) is 5.82 Å². The zero-order valence-electron chi connectivity index (χ0n) is 13.9. The molecule has 0 amide bonds. The van der Waals surface area contributed by atoms with Crippen LogP contribution in [0.4, 0.5) is 4.39 Å². The molecule has 24 heavy (non-hydrogen) atoms. The van der Waals surface area contributed by atoms with Crippen LogP contribution in [-0.4, -0.2) is 19.1 Å². The minimum atomic E-state index is -0.294. The molecule has 0 aliphatic rings. The summed E-state index contributed by atoms with van der Waals surface area (Å²) in [6.45, 7) is 5.46. The van der Waals surface area contributed by atoms with Gasteiger partial charge in [0, 0.05) is 11.6 Å². The zero-order chi connectivity index (χ0) is 17.5. The average Bonchev–Trinajstić information content (AvgIpc) is 2.52. The normalized spacial score (nSPS) is 10.7. The first-order chi connectivity index (χ1) is 11.5. The average molecular weight is 350 g/mol. The van der Waals surface area contributed by atoms with E-state index in [0.717, 1.165) is 28.8 Å². The second-order valence-electron chi connectivity index (χ2n) is 5.41. The second-order valence-corrected chi connectivity index (χ2v) is 5.85. The second kappa shape index (κ2) is 8.81. The summed E-state index contributed by atoms with van der Waals surface area (Å²) in [6.07, 6.45) is 0.158. The number of benzene rings is 2. The summed E-state index contributed by atoms with van der Waals surface area (Å²) in [5.74, 6) is -0.571. The Bertz CT molecular complexity index is 719. The van der Waals surface area contributed by atoms with E-state index in [1.165, 1.54) is 12.1 Å². The van der Waals surface area contributed by atoms with Crippen molar-refractivity contribution in [3.05, 3.63) is 58.4 Å². The lowest BCUT2D eigenvalue weighted by Gasteiger charge is -2.12. The van der Waals surface area contributed by atoms with Crippen molar-refractivity contribution in [2.75, 3.05) is 13.2 Å². The fourth-order valence-corrected chi connectivity index (χ4v) is 2.79. The van der Waals surface area contributed by atoms with Gasteiger partial charge in [-0.1, -0.05) is 30.7 Å². The summed E-state index contributed by atoms with van der Waals surface area (Å²) in [7, 11) is 0. The first-order valence-corrected chi connectivity index (χ1v) is 8.35. The van der Waals surface area contributed by atoms with Gasteiger partial charge in [-0.05, 0) is 60.0 Å². The van der Waals surface area contributed by atoms with Crippen LogP contribution < -0.4 is 5.32 Å². The topological polar surface area (TPSA) is 38.3 Å². The molecule has 0 saturated heterocycles. The van der Waals surface area contributed by atoms with E-state index in [-0.39, 0.29) is 18.2 Å². The maximum atomic E-state index is 13.6. The van der Waals surface area contributed by atoms with Crippen LogP contribution in [0.15, 0.2) is 36.4 Å². The Hall–Kier alpha value is -1.91. The highest BCUT2D eigenvalue weighted by Gasteiger charge is 2.11. The van der Waals surface area contributed by atoms with Crippen molar-refractivity contribution in [2.24, 2.45) is 0 Å². The summed E-state index contributed by atoms with van der Waals surface area (Å²) < 4.78 is 18.6. The van der Waals surface area contributed by atoms with Gasteiger partial charge in [0.15, 0.2) is 0 Å². The molecule has 3 nitrogen and oxygen atoms in total. The standard InChI is InChI=1S/C19H21ClFNO2/c1-3-22-12-15-11-17(21)5-6-18(15)14-7-13(8-16(20)10-14)9-19(23)24-4-2/h5-8,10-11,22H,3-4,9,12H2,1-2H3. The predicted molar refractivity (Wildman–Crippen MR) is 94.6 cm³/mol. The molecule has 0 bridgehead atoms. The van der Waals surface area contributed by atoms with Gasteiger partial charge in [-0.15, -0.1) is 0 Å². The van der Waals surface area contributed by atoms with Crippen LogP contribution in [0.5, 0.6) is 0 Å². The van der Waals surface area contributed by atoms with Crippen molar-refractivity contribution in [3.8, 4) is 11.1 Å². The van der Waals surface area contributed by atoms with Gasteiger partial charge in [-0.25, -0.2) is 4.39 Å². The largest absolute Gasteiger partial charge is 0.466 e. The van der Waals surface area contributed by atoms with Gasteiger partial charge < -0.3 is 10.1 Å². The van der Waals surface area contributed by atoms with E-state index < -0.39 is 0 Å². The van der Waals surface area contributed by atoms with Gasteiger partial charge in [-0.3, -0.25) is 4.79 Å². The lowest BCUT2D eigenvalue weighted by atomic mass is 9.97. The third kappa shape index (κ3) is 5.05. The fourth-order valence-electron chi connectivity index (χ4n) is 2.54. The highest BCUT2D eigenvalue weighted by Crippen LogP contribution is 2.29. The highest BCUT2D eigenvalue weighted by atomic mass is 35.5. The van der Waals surface area contributed by atoms with Crippen molar-refractivity contribution >= 4 is 17.6 Å². The summed E-state index contributed by atoms with van der Waals surface area (Å²) in [5, 5.41) is 3.74. The molecule has 0 atom stereocenters. The van der Waals surface area contributed by atoms with Crippen molar-refractivity contribution in [2.45, 2.75) is 26.8 Å². The van der Waals surface area contributed by atoms with Crippen LogP contribution in [0.1, 0.15) is 25.0 Å². The number of hydrogen-bond acceptors (Lipinski definition) is 3. The van der Waals surface area contributed by atoms with Crippen molar-refractivity contribution in [1.29, 1.82) is 0 Å². The lowest BCUT2D eigenvalue weighted by molar-refractivity contribution is -0.142. The minimum absolute atomic E-state index is 0.158. The molecule has 0 unspecified atom stereocenters. The van der Waals surface area contributed by atoms with Gasteiger partial charge in [0.2, 0.25) is 0 Å². The van der Waals surface area contributed by atoms with Crippen LogP contribution in [0.3, 0.4) is 0 Å². The van der Waals surface area contributed by atoms with Gasteiger partial charge in [0.1, 0.15) is 5.82 Å². The van der Waals surface area contributed by atoms with Crippen LogP contribution >= 0.6 is 11.6 Å². The SMILES string of the molecule is CCNCc1cc(F)ccc1-c1cc(Cl)cc(CC(=O)OCC)c1. The number of rotatable bonds is 7. The van der Waals surface area contributed by atoms with Crippen molar-refractivity contribution < 1.29 is 13.9 Å². The Balaban J connectivity index is 2.37. The maximum Gasteiger partial charge on any atom is 0.310 e. The molecule has 0 aliphatic carbocycles. The van der Waals surface area contributed by atoms with Gasteiger partial charge >= 0.3 is 5.97 Å². The molecule has 0 aliphatic heterocycles. The van der Waals surface area contributed by atoms with Gasteiger partial charge in [0.25, 0.3) is 0 Å². The molecule has 0 heterocycles. The summed E-state index contributed by atoms with van der Waals surface area (Å²) >= 11 is 6.21. The van der Waals surface area contributed by atoms with E-state index in [0.29, 0.717) is 18.2 Å². The molecular weight excluding hydrogens is 329 g/mol. The highest BCUT2D eigenvalue weighted by molar-refractivity contribution is 6.31. The van der Waals surface area contributed by atoms with Crippen molar-refractivity contribution in [3.63, 3.8) is 0 Å². The van der Waals surface area contributed by atoms with Crippen LogP contribution in [-0.2, 0) is 22.5 Å². The molecule has 2 aromatic carbocycles. The van der Waals surface area contributed by atoms with E-state index in [1.54, 1.807) is 19.1 Å². The molecular formula is C19H21ClFNO2. The number of esters is 1. The zero-order valence-corrected chi connectivity index (χ0v) is 14.6. The fraction of sp³-hybridized carbons (Fsp3) is 0.316. The molecule has 0 fully saturated rings. The number of halogens is 2. The quantitative estimate of drug-likeness (QED) is 0.755. The molecule has 2 aromatic rings. The molecule has 5 heteroatoms. The summed E-state index contributed by atoms with van der Waals surface area (Å²) in [5.41, 5.74) is 3.37. The molecule has 1 N–H and O–H groups in total. The third-order valence-electron chi connectivity index (χ3n) is 3.56. The Labute approximate surface area is 146 Å². The van der Waals surface area contributed by atoms with E-state index >= 15 is 0 Å². The Morgan fingerprint density at radius 2 is 2.00 bits per heavy atom.